The van der Waals surface area contributed by atoms with E-state index in [1.165, 1.54) is 48.9 Å². The Morgan fingerprint density at radius 1 is 0.833 bits per heavy atom. The molecule has 0 amide bonds. The van der Waals surface area contributed by atoms with E-state index < -0.39 is 0 Å². The van der Waals surface area contributed by atoms with E-state index in [0.717, 1.165) is 12.5 Å². The highest BCUT2D eigenvalue weighted by Gasteiger charge is 2.20. The fourth-order valence-electron chi connectivity index (χ4n) is 2.91. The van der Waals surface area contributed by atoms with Crippen LogP contribution in [0.25, 0.3) is 0 Å². The third-order valence-electron chi connectivity index (χ3n) is 4.87. The molecule has 0 aliphatic carbocycles. The predicted octanol–water partition coefficient (Wildman–Crippen LogP) is 7.30. The Kier molecular flexibility index (Phi) is 7.83. The van der Waals surface area contributed by atoms with Crippen molar-refractivity contribution in [2.45, 2.75) is 98.3 Å². The van der Waals surface area contributed by atoms with E-state index >= 15 is 0 Å². The van der Waals surface area contributed by atoms with Crippen LogP contribution in [0.15, 0.2) is 18.2 Å². The molecular formula is C23H41N. The SMILES string of the molecule is CCCCCCC(C)CNc1cc(C(C)(C)C)cc(C(C)(C)C)c1. The van der Waals surface area contributed by atoms with Crippen molar-refractivity contribution in [2.75, 3.05) is 11.9 Å². The van der Waals surface area contributed by atoms with Crippen LogP contribution in [0.5, 0.6) is 0 Å². The first-order chi connectivity index (χ1) is 11.0. The number of rotatable bonds is 8. The lowest BCUT2D eigenvalue weighted by Gasteiger charge is -2.26. The molecule has 1 N–H and O–H groups in total. The van der Waals surface area contributed by atoms with Crippen LogP contribution < -0.4 is 5.32 Å². The van der Waals surface area contributed by atoms with Gasteiger partial charge in [0.25, 0.3) is 0 Å². The summed E-state index contributed by atoms with van der Waals surface area (Å²) >= 11 is 0. The largest absolute Gasteiger partial charge is 0.385 e. The van der Waals surface area contributed by atoms with Gasteiger partial charge in [-0.2, -0.15) is 0 Å². The van der Waals surface area contributed by atoms with Gasteiger partial charge < -0.3 is 5.32 Å². The fraction of sp³-hybridized carbons (Fsp3) is 0.739. The molecule has 0 bridgehead atoms. The molecule has 1 aromatic carbocycles. The number of hydrogen-bond donors (Lipinski definition) is 1. The van der Waals surface area contributed by atoms with Crippen LogP contribution in [0.3, 0.4) is 0 Å². The summed E-state index contributed by atoms with van der Waals surface area (Å²) in [6.07, 6.45) is 6.78. The molecule has 1 unspecified atom stereocenters. The number of benzene rings is 1. The molecule has 0 heterocycles. The van der Waals surface area contributed by atoms with Crippen LogP contribution >= 0.6 is 0 Å². The lowest BCUT2D eigenvalue weighted by Crippen LogP contribution is -2.18. The van der Waals surface area contributed by atoms with Gasteiger partial charge >= 0.3 is 0 Å². The lowest BCUT2D eigenvalue weighted by atomic mass is 9.80. The van der Waals surface area contributed by atoms with E-state index in [4.69, 9.17) is 0 Å². The zero-order valence-corrected chi connectivity index (χ0v) is 17.6. The van der Waals surface area contributed by atoms with E-state index in [-0.39, 0.29) is 10.8 Å². The standard InChI is InChI=1S/C23H41N/c1-9-10-11-12-13-18(2)17-24-21-15-19(22(3,4)5)14-20(16-21)23(6,7)8/h14-16,18,24H,9-13,17H2,1-8H3. The predicted molar refractivity (Wildman–Crippen MR) is 110 cm³/mol. The highest BCUT2D eigenvalue weighted by Crippen LogP contribution is 2.32. The average molecular weight is 332 g/mol. The molecule has 0 aliphatic heterocycles. The molecule has 1 rings (SSSR count). The minimum atomic E-state index is 0.184. The Labute approximate surface area is 151 Å². The summed E-state index contributed by atoms with van der Waals surface area (Å²) in [5.74, 6) is 0.734. The van der Waals surface area contributed by atoms with Gasteiger partial charge in [0.1, 0.15) is 0 Å². The van der Waals surface area contributed by atoms with Gasteiger partial charge in [0.2, 0.25) is 0 Å². The molecule has 24 heavy (non-hydrogen) atoms. The van der Waals surface area contributed by atoms with Crippen molar-refractivity contribution in [3.05, 3.63) is 29.3 Å². The first kappa shape index (κ1) is 21.1. The van der Waals surface area contributed by atoms with E-state index in [2.05, 4.69) is 78.9 Å². The highest BCUT2D eigenvalue weighted by molar-refractivity contribution is 5.52. The van der Waals surface area contributed by atoms with Gasteiger partial charge in [-0.3, -0.25) is 0 Å². The molecule has 0 saturated carbocycles. The summed E-state index contributed by atoms with van der Waals surface area (Å²) in [5.41, 5.74) is 4.50. The van der Waals surface area contributed by atoms with Gasteiger partial charge in [0.15, 0.2) is 0 Å². The second-order valence-corrected chi connectivity index (χ2v) is 9.63. The normalized spacial score (nSPS) is 13.8. The molecule has 1 atom stereocenters. The van der Waals surface area contributed by atoms with Crippen LogP contribution in [0.1, 0.15) is 98.6 Å². The molecule has 0 fully saturated rings. The highest BCUT2D eigenvalue weighted by atomic mass is 14.9. The van der Waals surface area contributed by atoms with E-state index in [1.54, 1.807) is 0 Å². The van der Waals surface area contributed by atoms with E-state index in [9.17, 15) is 0 Å². The van der Waals surface area contributed by atoms with Crippen molar-refractivity contribution >= 4 is 5.69 Å². The van der Waals surface area contributed by atoms with Gasteiger partial charge in [-0.1, -0.05) is 87.1 Å². The molecule has 0 aromatic heterocycles. The van der Waals surface area contributed by atoms with Crippen LogP contribution in [-0.4, -0.2) is 6.54 Å². The van der Waals surface area contributed by atoms with Crippen LogP contribution in [0, 0.1) is 5.92 Å². The Balaban J connectivity index is 2.76. The minimum Gasteiger partial charge on any atom is -0.385 e. The summed E-state index contributed by atoms with van der Waals surface area (Å²) in [6.45, 7) is 19.5. The average Bonchev–Trinajstić information content (AvgIpc) is 2.47. The van der Waals surface area contributed by atoms with Crippen LogP contribution in [0.4, 0.5) is 5.69 Å². The van der Waals surface area contributed by atoms with Crippen molar-refractivity contribution < 1.29 is 0 Å². The number of nitrogens with one attached hydrogen (secondary N) is 1. The summed E-state index contributed by atoms with van der Waals surface area (Å²) < 4.78 is 0. The Morgan fingerprint density at radius 3 is 1.83 bits per heavy atom. The summed E-state index contributed by atoms with van der Waals surface area (Å²) in [4.78, 5) is 0. The quantitative estimate of drug-likeness (QED) is 0.493. The summed E-state index contributed by atoms with van der Waals surface area (Å²) in [6, 6.07) is 7.08. The molecule has 1 aromatic rings. The first-order valence-corrected chi connectivity index (χ1v) is 9.94. The lowest BCUT2D eigenvalue weighted by molar-refractivity contribution is 0.508. The van der Waals surface area contributed by atoms with E-state index in [0.29, 0.717) is 0 Å². The molecule has 0 radical (unpaired) electrons. The van der Waals surface area contributed by atoms with Crippen molar-refractivity contribution in [1.82, 2.24) is 0 Å². The number of unbranched alkanes of at least 4 members (excludes halogenated alkanes) is 3. The number of hydrogen-bond acceptors (Lipinski definition) is 1. The minimum absolute atomic E-state index is 0.184. The molecule has 0 spiro atoms. The third-order valence-corrected chi connectivity index (χ3v) is 4.87. The van der Waals surface area contributed by atoms with Gasteiger partial charge in [-0.25, -0.2) is 0 Å². The van der Waals surface area contributed by atoms with Gasteiger partial charge in [0.05, 0.1) is 0 Å². The number of anilines is 1. The first-order valence-electron chi connectivity index (χ1n) is 9.94. The molecular weight excluding hydrogens is 290 g/mol. The van der Waals surface area contributed by atoms with Crippen molar-refractivity contribution in [2.24, 2.45) is 5.92 Å². The molecule has 1 nitrogen and oxygen atoms in total. The maximum atomic E-state index is 3.71. The molecule has 138 valence electrons. The van der Waals surface area contributed by atoms with Crippen molar-refractivity contribution in [3.63, 3.8) is 0 Å². The second kappa shape index (κ2) is 8.92. The van der Waals surface area contributed by atoms with Gasteiger partial charge in [0, 0.05) is 12.2 Å². The maximum Gasteiger partial charge on any atom is 0.0346 e. The van der Waals surface area contributed by atoms with Gasteiger partial charge in [-0.15, -0.1) is 0 Å². The molecule has 0 saturated heterocycles. The molecule has 0 aliphatic rings. The summed E-state index contributed by atoms with van der Waals surface area (Å²) in [7, 11) is 0. The second-order valence-electron chi connectivity index (χ2n) is 9.63. The Bertz CT molecular complexity index is 455. The topological polar surface area (TPSA) is 12.0 Å². The fourth-order valence-corrected chi connectivity index (χ4v) is 2.91. The smallest absolute Gasteiger partial charge is 0.0346 e. The van der Waals surface area contributed by atoms with Gasteiger partial charge in [-0.05, 0) is 46.4 Å². The summed E-state index contributed by atoms with van der Waals surface area (Å²) in [5, 5.41) is 3.71. The molecule has 1 heteroatoms. The maximum absolute atomic E-state index is 3.71. The third kappa shape index (κ3) is 7.28. The van der Waals surface area contributed by atoms with Crippen molar-refractivity contribution in [3.8, 4) is 0 Å². The van der Waals surface area contributed by atoms with Crippen LogP contribution in [-0.2, 0) is 10.8 Å². The monoisotopic (exact) mass is 331 g/mol. The van der Waals surface area contributed by atoms with Crippen molar-refractivity contribution in [1.29, 1.82) is 0 Å². The Hall–Kier alpha value is -0.980. The zero-order chi connectivity index (χ0) is 18.4. The van der Waals surface area contributed by atoms with Crippen LogP contribution in [0.2, 0.25) is 0 Å². The van der Waals surface area contributed by atoms with E-state index in [1.807, 2.05) is 0 Å². The Morgan fingerprint density at radius 2 is 1.38 bits per heavy atom. The zero-order valence-electron chi connectivity index (χ0n) is 17.6.